The Morgan fingerprint density at radius 3 is 3.05 bits per heavy atom. The maximum absolute atomic E-state index is 5.83. The van der Waals surface area contributed by atoms with E-state index < -0.39 is 0 Å². The van der Waals surface area contributed by atoms with Crippen LogP contribution in [0.4, 0.5) is 0 Å². The van der Waals surface area contributed by atoms with Gasteiger partial charge in [-0.1, -0.05) is 12.1 Å². The molecule has 0 bridgehead atoms. The molecule has 106 valence electrons. The Hall–Kier alpha value is -2.07. The fourth-order valence-corrected chi connectivity index (χ4v) is 3.34. The molecule has 4 heteroatoms. The van der Waals surface area contributed by atoms with Gasteiger partial charge >= 0.3 is 0 Å². The predicted octanol–water partition coefficient (Wildman–Crippen LogP) is 4.47. The summed E-state index contributed by atoms with van der Waals surface area (Å²) in [5.74, 6) is 1.58. The first-order chi connectivity index (χ1) is 10.4. The molecule has 1 aliphatic carbocycles. The van der Waals surface area contributed by atoms with Crippen LogP contribution in [0, 0.1) is 0 Å². The second kappa shape index (κ2) is 5.37. The number of aryl methyl sites for hydroxylation is 2. The van der Waals surface area contributed by atoms with Gasteiger partial charge in [0, 0.05) is 0 Å². The minimum atomic E-state index is 0.438. The van der Waals surface area contributed by atoms with E-state index in [1.807, 2.05) is 23.6 Å². The first kappa shape index (κ1) is 12.7. The van der Waals surface area contributed by atoms with E-state index in [2.05, 4.69) is 17.1 Å². The molecule has 21 heavy (non-hydrogen) atoms. The van der Waals surface area contributed by atoms with E-state index in [0.29, 0.717) is 12.5 Å². The van der Waals surface area contributed by atoms with E-state index in [4.69, 9.17) is 9.15 Å². The van der Waals surface area contributed by atoms with Crippen LogP contribution in [0.25, 0.3) is 10.8 Å². The van der Waals surface area contributed by atoms with Crippen molar-refractivity contribution in [2.24, 2.45) is 0 Å². The number of nitrogens with zero attached hydrogens (tertiary/aromatic N) is 1. The third-order valence-electron chi connectivity index (χ3n) is 3.74. The van der Waals surface area contributed by atoms with Crippen LogP contribution in [0.3, 0.4) is 0 Å². The number of hydrogen-bond donors (Lipinski definition) is 0. The first-order valence-electron chi connectivity index (χ1n) is 7.11. The predicted molar refractivity (Wildman–Crippen MR) is 82.6 cm³/mol. The fourth-order valence-electron chi connectivity index (χ4n) is 2.68. The van der Waals surface area contributed by atoms with Crippen LogP contribution in [0.5, 0.6) is 5.75 Å². The summed E-state index contributed by atoms with van der Waals surface area (Å²) in [6.07, 6.45) is 5.29. The molecule has 4 rings (SSSR count). The number of ether oxygens (including phenoxy) is 1. The molecular formula is C17H15NO2S. The minimum Gasteiger partial charge on any atom is -0.487 e. The lowest BCUT2D eigenvalue weighted by Crippen LogP contribution is -1.96. The van der Waals surface area contributed by atoms with Crippen molar-refractivity contribution >= 4 is 11.3 Å². The minimum absolute atomic E-state index is 0.438. The third-order valence-corrected chi connectivity index (χ3v) is 4.60. The van der Waals surface area contributed by atoms with Gasteiger partial charge in [-0.05, 0) is 54.0 Å². The Bertz CT molecular complexity index is 746. The smallest absolute Gasteiger partial charge is 0.236 e. The second-order valence-electron chi connectivity index (χ2n) is 5.19. The summed E-state index contributed by atoms with van der Waals surface area (Å²) < 4.78 is 11.3. The van der Waals surface area contributed by atoms with E-state index in [0.717, 1.165) is 16.3 Å². The number of fused-ring (bicyclic) bond motifs is 1. The van der Waals surface area contributed by atoms with Crippen molar-refractivity contribution in [3.8, 4) is 16.5 Å². The maximum Gasteiger partial charge on any atom is 0.236 e. The SMILES string of the molecule is c1csc(-c2nc(COc3ccc4c(c3)CCC4)co2)c1. The molecule has 2 heterocycles. The van der Waals surface area contributed by atoms with Crippen LogP contribution in [-0.4, -0.2) is 4.98 Å². The summed E-state index contributed by atoms with van der Waals surface area (Å²) in [7, 11) is 0. The van der Waals surface area contributed by atoms with Gasteiger partial charge in [0.1, 0.15) is 24.3 Å². The summed E-state index contributed by atoms with van der Waals surface area (Å²) in [6.45, 7) is 0.438. The van der Waals surface area contributed by atoms with Crippen molar-refractivity contribution in [1.82, 2.24) is 4.98 Å². The molecular weight excluding hydrogens is 282 g/mol. The third kappa shape index (κ3) is 2.59. The van der Waals surface area contributed by atoms with Gasteiger partial charge in [-0.3, -0.25) is 0 Å². The largest absolute Gasteiger partial charge is 0.487 e. The van der Waals surface area contributed by atoms with E-state index in [1.54, 1.807) is 17.6 Å². The molecule has 1 aromatic carbocycles. The van der Waals surface area contributed by atoms with Crippen LogP contribution in [0.15, 0.2) is 46.4 Å². The lowest BCUT2D eigenvalue weighted by Gasteiger charge is -2.06. The van der Waals surface area contributed by atoms with Crippen molar-refractivity contribution in [2.75, 3.05) is 0 Å². The zero-order chi connectivity index (χ0) is 14.1. The molecule has 0 saturated carbocycles. The summed E-state index contributed by atoms with van der Waals surface area (Å²) in [4.78, 5) is 5.50. The fraction of sp³-hybridized carbons (Fsp3) is 0.235. The highest BCUT2D eigenvalue weighted by Gasteiger charge is 2.12. The van der Waals surface area contributed by atoms with Crippen LogP contribution in [-0.2, 0) is 19.4 Å². The summed E-state index contributed by atoms with van der Waals surface area (Å²) >= 11 is 1.62. The molecule has 3 nitrogen and oxygen atoms in total. The lowest BCUT2D eigenvalue weighted by molar-refractivity contribution is 0.300. The van der Waals surface area contributed by atoms with Gasteiger partial charge < -0.3 is 9.15 Å². The average Bonchev–Trinajstić information content (AvgIpc) is 3.24. The molecule has 3 aromatic rings. The van der Waals surface area contributed by atoms with Gasteiger partial charge in [0.25, 0.3) is 0 Å². The summed E-state index contributed by atoms with van der Waals surface area (Å²) in [5.41, 5.74) is 3.70. The number of oxazole rings is 1. The van der Waals surface area contributed by atoms with Gasteiger partial charge in [-0.25, -0.2) is 4.98 Å². The van der Waals surface area contributed by atoms with Crippen LogP contribution in [0.1, 0.15) is 23.2 Å². The van der Waals surface area contributed by atoms with Crippen LogP contribution >= 0.6 is 11.3 Å². The molecule has 0 radical (unpaired) electrons. The van der Waals surface area contributed by atoms with E-state index in [1.165, 1.54) is 30.4 Å². The molecule has 0 fully saturated rings. The maximum atomic E-state index is 5.83. The zero-order valence-corrected chi connectivity index (χ0v) is 12.4. The van der Waals surface area contributed by atoms with Crippen molar-refractivity contribution in [2.45, 2.75) is 25.9 Å². The molecule has 0 aliphatic heterocycles. The molecule has 2 aromatic heterocycles. The van der Waals surface area contributed by atoms with E-state index in [9.17, 15) is 0 Å². The first-order valence-corrected chi connectivity index (χ1v) is 7.99. The molecule has 0 amide bonds. The Kier molecular flexibility index (Phi) is 3.24. The Balaban J connectivity index is 1.45. The van der Waals surface area contributed by atoms with Crippen molar-refractivity contribution in [1.29, 1.82) is 0 Å². The van der Waals surface area contributed by atoms with Crippen LogP contribution < -0.4 is 4.74 Å². The molecule has 1 aliphatic rings. The highest BCUT2D eigenvalue weighted by Crippen LogP contribution is 2.27. The second-order valence-corrected chi connectivity index (χ2v) is 6.14. The number of benzene rings is 1. The molecule has 0 atom stereocenters. The number of hydrogen-bond acceptors (Lipinski definition) is 4. The van der Waals surface area contributed by atoms with E-state index >= 15 is 0 Å². The Morgan fingerprint density at radius 2 is 2.14 bits per heavy atom. The van der Waals surface area contributed by atoms with Gasteiger partial charge in [0.05, 0.1) is 4.88 Å². The quantitative estimate of drug-likeness (QED) is 0.712. The normalized spacial score (nSPS) is 13.3. The lowest BCUT2D eigenvalue weighted by atomic mass is 10.1. The van der Waals surface area contributed by atoms with Crippen molar-refractivity contribution in [3.63, 3.8) is 0 Å². The molecule has 0 N–H and O–H groups in total. The molecule has 0 unspecified atom stereocenters. The molecule has 0 saturated heterocycles. The number of aromatic nitrogens is 1. The number of rotatable bonds is 4. The standard InChI is InChI=1S/C17H15NO2S/c1-3-12-6-7-15(9-13(12)4-1)19-10-14-11-20-17(18-14)16-5-2-8-21-16/h2,5-9,11H,1,3-4,10H2. The van der Waals surface area contributed by atoms with Gasteiger partial charge in [0.15, 0.2) is 0 Å². The highest BCUT2D eigenvalue weighted by atomic mass is 32.1. The Labute approximate surface area is 127 Å². The van der Waals surface area contributed by atoms with Gasteiger partial charge in [-0.2, -0.15) is 0 Å². The van der Waals surface area contributed by atoms with Crippen LogP contribution in [0.2, 0.25) is 0 Å². The Morgan fingerprint density at radius 1 is 1.19 bits per heavy atom. The summed E-state index contributed by atoms with van der Waals surface area (Å²) in [6, 6.07) is 10.4. The molecule has 0 spiro atoms. The van der Waals surface area contributed by atoms with Crippen molar-refractivity contribution < 1.29 is 9.15 Å². The van der Waals surface area contributed by atoms with Gasteiger partial charge in [-0.15, -0.1) is 11.3 Å². The van der Waals surface area contributed by atoms with Gasteiger partial charge in [0.2, 0.25) is 5.89 Å². The highest BCUT2D eigenvalue weighted by molar-refractivity contribution is 7.13. The summed E-state index contributed by atoms with van der Waals surface area (Å²) in [5, 5.41) is 2.01. The number of thiophene rings is 1. The monoisotopic (exact) mass is 297 g/mol. The van der Waals surface area contributed by atoms with E-state index in [-0.39, 0.29) is 0 Å². The topological polar surface area (TPSA) is 35.3 Å². The zero-order valence-electron chi connectivity index (χ0n) is 11.5. The average molecular weight is 297 g/mol. The van der Waals surface area contributed by atoms with Crippen molar-refractivity contribution in [3.05, 3.63) is 58.8 Å².